The summed E-state index contributed by atoms with van der Waals surface area (Å²) >= 11 is 18.6. The minimum atomic E-state index is -0.484. The van der Waals surface area contributed by atoms with Gasteiger partial charge in [0.05, 0.1) is 11.0 Å². The molecule has 129 valence electrons. The van der Waals surface area contributed by atoms with Crippen molar-refractivity contribution in [1.82, 2.24) is 4.57 Å². The van der Waals surface area contributed by atoms with Crippen LogP contribution in [0.15, 0.2) is 48.5 Å². The molecular formula is C20H12Cl3N2O. The summed E-state index contributed by atoms with van der Waals surface area (Å²) in [5.41, 5.74) is 8.65. The first-order chi connectivity index (χ1) is 12.5. The van der Waals surface area contributed by atoms with E-state index >= 15 is 0 Å². The van der Waals surface area contributed by atoms with Gasteiger partial charge >= 0.3 is 0 Å². The molecule has 0 bridgehead atoms. The third kappa shape index (κ3) is 2.82. The van der Waals surface area contributed by atoms with Crippen LogP contribution >= 0.6 is 34.8 Å². The van der Waals surface area contributed by atoms with Crippen molar-refractivity contribution < 1.29 is 4.79 Å². The van der Waals surface area contributed by atoms with Gasteiger partial charge in [0.1, 0.15) is 0 Å². The lowest BCUT2D eigenvalue weighted by atomic mass is 10.1. The molecule has 26 heavy (non-hydrogen) atoms. The average Bonchev–Trinajstić information content (AvgIpc) is 2.90. The Hall–Kier alpha value is -2.20. The van der Waals surface area contributed by atoms with Crippen LogP contribution in [0.25, 0.3) is 21.8 Å². The quantitative estimate of drug-likeness (QED) is 0.469. The number of nitrogens with zero attached hydrogens (tertiary/aromatic N) is 1. The van der Waals surface area contributed by atoms with Gasteiger partial charge in [0.25, 0.3) is 0 Å². The summed E-state index contributed by atoms with van der Waals surface area (Å²) in [4.78, 5) is 11.9. The Labute approximate surface area is 164 Å². The van der Waals surface area contributed by atoms with Crippen LogP contribution in [0.3, 0.4) is 0 Å². The van der Waals surface area contributed by atoms with E-state index in [1.165, 1.54) is 0 Å². The predicted octanol–water partition coefficient (Wildman–Crippen LogP) is 5.70. The monoisotopic (exact) mass is 401 g/mol. The number of carbonyl (C=O) groups excluding carboxylic acids is 1. The lowest BCUT2D eigenvalue weighted by Gasteiger charge is -2.10. The zero-order chi connectivity index (χ0) is 18.4. The molecule has 0 unspecified atom stereocenters. The highest BCUT2D eigenvalue weighted by molar-refractivity contribution is 6.35. The maximum atomic E-state index is 11.9. The molecule has 1 aromatic heterocycles. The number of hydrogen-bond donors (Lipinski definition) is 1. The number of benzene rings is 3. The van der Waals surface area contributed by atoms with Crippen LogP contribution in [-0.2, 0) is 6.54 Å². The van der Waals surface area contributed by atoms with Gasteiger partial charge in [-0.2, -0.15) is 0 Å². The fraction of sp³-hybridized carbons (Fsp3) is 0.0500. The molecule has 1 radical (unpaired) electrons. The molecule has 0 fully saturated rings. The first kappa shape index (κ1) is 17.2. The van der Waals surface area contributed by atoms with E-state index in [9.17, 15) is 4.79 Å². The fourth-order valence-corrected chi connectivity index (χ4v) is 3.85. The Morgan fingerprint density at radius 3 is 2.58 bits per heavy atom. The number of aromatic nitrogens is 1. The summed E-state index contributed by atoms with van der Waals surface area (Å²) in [5, 5.41) is 3.27. The van der Waals surface area contributed by atoms with Gasteiger partial charge in [-0.15, -0.1) is 0 Å². The van der Waals surface area contributed by atoms with Crippen molar-refractivity contribution in [2.24, 2.45) is 5.73 Å². The molecule has 0 aliphatic rings. The second kappa shape index (κ2) is 6.51. The highest BCUT2D eigenvalue weighted by atomic mass is 35.5. The van der Waals surface area contributed by atoms with Gasteiger partial charge in [0.2, 0.25) is 5.91 Å². The summed E-state index contributed by atoms with van der Waals surface area (Å²) in [7, 11) is 0. The number of primary amides is 1. The van der Waals surface area contributed by atoms with Gasteiger partial charge in [-0.3, -0.25) is 4.79 Å². The van der Waals surface area contributed by atoms with Crippen LogP contribution in [0, 0.1) is 6.07 Å². The molecule has 0 aliphatic heterocycles. The maximum Gasteiger partial charge on any atom is 0.249 e. The van der Waals surface area contributed by atoms with Crippen molar-refractivity contribution in [3.05, 3.63) is 80.8 Å². The SMILES string of the molecule is NC(=O)c1cccc2c1c1[c]cc(Cl)cc1n2Cc1ccc(Cl)cc1Cl. The number of amides is 1. The summed E-state index contributed by atoms with van der Waals surface area (Å²) in [5.74, 6) is -0.484. The van der Waals surface area contributed by atoms with E-state index in [0.29, 0.717) is 27.2 Å². The number of nitrogens with two attached hydrogens (primary N) is 1. The number of halogens is 3. The number of rotatable bonds is 3. The third-order valence-corrected chi connectivity index (χ3v) is 5.17. The Kier molecular flexibility index (Phi) is 4.31. The average molecular weight is 403 g/mol. The summed E-state index contributed by atoms with van der Waals surface area (Å²) in [6.45, 7) is 0.492. The fourth-order valence-electron chi connectivity index (χ4n) is 3.23. The van der Waals surface area contributed by atoms with Gasteiger partial charge < -0.3 is 10.3 Å². The van der Waals surface area contributed by atoms with Gasteiger partial charge in [0.15, 0.2) is 0 Å². The number of hydrogen-bond acceptors (Lipinski definition) is 1. The molecule has 3 nitrogen and oxygen atoms in total. The first-order valence-electron chi connectivity index (χ1n) is 7.81. The van der Waals surface area contributed by atoms with Crippen molar-refractivity contribution in [1.29, 1.82) is 0 Å². The van der Waals surface area contributed by atoms with Crippen molar-refractivity contribution in [2.45, 2.75) is 6.54 Å². The summed E-state index contributed by atoms with van der Waals surface area (Å²) < 4.78 is 2.05. The smallest absolute Gasteiger partial charge is 0.249 e. The summed E-state index contributed by atoms with van der Waals surface area (Å²) in [6, 6.07) is 17.6. The van der Waals surface area contributed by atoms with Crippen molar-refractivity contribution in [3.8, 4) is 0 Å². The van der Waals surface area contributed by atoms with Crippen molar-refractivity contribution >= 4 is 62.5 Å². The van der Waals surface area contributed by atoms with E-state index < -0.39 is 5.91 Å². The highest BCUT2D eigenvalue weighted by Crippen LogP contribution is 2.34. The Morgan fingerprint density at radius 1 is 1.04 bits per heavy atom. The third-order valence-electron chi connectivity index (χ3n) is 4.37. The van der Waals surface area contributed by atoms with Gasteiger partial charge in [-0.25, -0.2) is 0 Å². The summed E-state index contributed by atoms with van der Waals surface area (Å²) in [6.07, 6.45) is 0. The van der Waals surface area contributed by atoms with Gasteiger partial charge in [-0.05, 0) is 48.0 Å². The zero-order valence-electron chi connectivity index (χ0n) is 13.4. The van der Waals surface area contributed by atoms with E-state index in [2.05, 4.69) is 10.6 Å². The van der Waals surface area contributed by atoms with E-state index in [0.717, 1.165) is 27.4 Å². The largest absolute Gasteiger partial charge is 0.366 e. The second-order valence-corrected chi connectivity index (χ2v) is 7.24. The zero-order valence-corrected chi connectivity index (χ0v) is 15.7. The van der Waals surface area contributed by atoms with Crippen LogP contribution in [0.2, 0.25) is 15.1 Å². The minimum absolute atomic E-state index is 0.451. The molecule has 0 spiro atoms. The molecule has 0 saturated carbocycles. The lowest BCUT2D eigenvalue weighted by Crippen LogP contribution is -2.11. The molecule has 0 aliphatic carbocycles. The van der Waals surface area contributed by atoms with Crippen LogP contribution in [0.1, 0.15) is 15.9 Å². The molecule has 3 aromatic carbocycles. The molecule has 4 rings (SSSR count). The molecule has 1 amide bonds. The van der Waals surface area contributed by atoms with Gasteiger partial charge in [0, 0.05) is 37.9 Å². The molecule has 4 aromatic rings. The van der Waals surface area contributed by atoms with Crippen molar-refractivity contribution in [2.75, 3.05) is 0 Å². The van der Waals surface area contributed by atoms with E-state index in [-0.39, 0.29) is 0 Å². The maximum absolute atomic E-state index is 11.9. The van der Waals surface area contributed by atoms with Gasteiger partial charge in [-0.1, -0.05) is 46.9 Å². The van der Waals surface area contributed by atoms with E-state index in [4.69, 9.17) is 40.5 Å². The molecule has 2 N–H and O–H groups in total. The number of fused-ring (bicyclic) bond motifs is 3. The van der Waals surface area contributed by atoms with Crippen LogP contribution in [-0.4, -0.2) is 10.5 Å². The Morgan fingerprint density at radius 2 is 1.85 bits per heavy atom. The Bertz CT molecular complexity index is 1180. The van der Waals surface area contributed by atoms with Crippen LogP contribution < -0.4 is 5.73 Å². The van der Waals surface area contributed by atoms with Crippen LogP contribution in [0.5, 0.6) is 0 Å². The standard InChI is InChI=1S/C20H12Cl3N2O/c21-12-5-4-11(16(23)8-12)10-25-17-3-1-2-15(20(24)26)19(17)14-7-6-13(22)9-18(14)25/h1-6,8-9H,10H2,(H2,24,26). The van der Waals surface area contributed by atoms with E-state index in [1.807, 2.05) is 24.3 Å². The van der Waals surface area contributed by atoms with E-state index in [1.54, 1.807) is 24.3 Å². The topological polar surface area (TPSA) is 48.0 Å². The van der Waals surface area contributed by atoms with Crippen molar-refractivity contribution in [3.63, 3.8) is 0 Å². The lowest BCUT2D eigenvalue weighted by molar-refractivity contribution is 0.100. The second-order valence-electron chi connectivity index (χ2n) is 5.96. The molecule has 1 heterocycles. The molecular weight excluding hydrogens is 391 g/mol. The molecule has 6 heteroatoms. The minimum Gasteiger partial charge on any atom is -0.366 e. The van der Waals surface area contributed by atoms with Crippen LogP contribution in [0.4, 0.5) is 0 Å². The highest BCUT2D eigenvalue weighted by Gasteiger charge is 2.17. The Balaban J connectivity index is 2.05. The molecule has 0 atom stereocenters. The number of carbonyl (C=O) groups is 1. The molecule has 0 saturated heterocycles. The normalized spacial score (nSPS) is 11.3. The first-order valence-corrected chi connectivity index (χ1v) is 8.95. The predicted molar refractivity (Wildman–Crippen MR) is 107 cm³/mol.